The first-order valence-corrected chi connectivity index (χ1v) is 10.7. The van der Waals surface area contributed by atoms with Crippen molar-refractivity contribution in [3.05, 3.63) is 0 Å². The molecule has 2 N–H and O–H groups in total. The molecule has 25 heavy (non-hydrogen) atoms. The van der Waals surface area contributed by atoms with E-state index in [0.29, 0.717) is 38.3 Å². The second-order valence-electron chi connectivity index (χ2n) is 6.13. The lowest BCUT2D eigenvalue weighted by atomic mass is 10.1. The molecule has 1 fully saturated rings. The molecule has 0 aromatic heterocycles. The summed E-state index contributed by atoms with van der Waals surface area (Å²) in [6.45, 7) is 9.18. The van der Waals surface area contributed by atoms with E-state index in [-0.39, 0.29) is 36.3 Å². The summed E-state index contributed by atoms with van der Waals surface area (Å²) in [6.07, 6.45) is 4.72. The molecule has 0 aromatic rings. The molecule has 0 aromatic carbocycles. The van der Waals surface area contributed by atoms with Crippen molar-refractivity contribution in [2.24, 2.45) is 4.99 Å². The predicted molar refractivity (Wildman–Crippen MR) is 114 cm³/mol. The first kappa shape index (κ1) is 24.9. The van der Waals surface area contributed by atoms with Crippen LogP contribution in [-0.2, 0) is 14.8 Å². The molecule has 0 radical (unpaired) electrons. The van der Waals surface area contributed by atoms with E-state index in [1.807, 2.05) is 6.92 Å². The Hall–Kier alpha value is -0.130. The number of nitrogens with one attached hydrogen (secondary N) is 2. The molecule has 1 unspecified atom stereocenters. The number of guanidine groups is 1. The highest BCUT2D eigenvalue weighted by Gasteiger charge is 2.23. The predicted octanol–water partition coefficient (Wildman–Crippen LogP) is 1.79. The van der Waals surface area contributed by atoms with Crippen LogP contribution in [-0.4, -0.2) is 69.9 Å². The zero-order valence-electron chi connectivity index (χ0n) is 15.8. The van der Waals surface area contributed by atoms with Gasteiger partial charge in [-0.1, -0.05) is 26.2 Å². The molecule has 0 bridgehead atoms. The van der Waals surface area contributed by atoms with E-state index in [2.05, 4.69) is 29.5 Å². The van der Waals surface area contributed by atoms with Crippen molar-refractivity contribution in [1.29, 1.82) is 0 Å². The second kappa shape index (κ2) is 14.0. The van der Waals surface area contributed by atoms with Crippen LogP contribution in [0, 0.1) is 0 Å². The van der Waals surface area contributed by atoms with Gasteiger partial charge >= 0.3 is 0 Å². The van der Waals surface area contributed by atoms with Gasteiger partial charge in [-0.2, -0.15) is 4.31 Å². The fourth-order valence-electron chi connectivity index (χ4n) is 2.55. The number of unbranched alkanes of at least 4 members (excludes halogenated alkanes) is 2. The van der Waals surface area contributed by atoms with Crippen molar-refractivity contribution in [2.45, 2.75) is 52.5 Å². The van der Waals surface area contributed by atoms with E-state index >= 15 is 0 Å². The summed E-state index contributed by atoms with van der Waals surface area (Å²) in [4.78, 5) is 4.42. The third-order valence-corrected chi connectivity index (χ3v) is 5.80. The van der Waals surface area contributed by atoms with Crippen LogP contribution in [0.1, 0.15) is 46.5 Å². The maximum atomic E-state index is 12.3. The first-order valence-electron chi connectivity index (χ1n) is 9.10. The summed E-state index contributed by atoms with van der Waals surface area (Å²) in [5.41, 5.74) is 0. The lowest BCUT2D eigenvalue weighted by Gasteiger charge is -2.25. The van der Waals surface area contributed by atoms with Gasteiger partial charge in [0.05, 0.1) is 25.5 Å². The number of rotatable bonds is 10. The molecule has 0 saturated carbocycles. The van der Waals surface area contributed by atoms with Gasteiger partial charge in [-0.05, 0) is 20.3 Å². The van der Waals surface area contributed by atoms with Crippen LogP contribution in [0.5, 0.6) is 0 Å². The van der Waals surface area contributed by atoms with Gasteiger partial charge in [-0.15, -0.1) is 24.0 Å². The molecule has 0 aliphatic carbocycles. The average Bonchev–Trinajstić information content (AvgIpc) is 2.56. The van der Waals surface area contributed by atoms with Gasteiger partial charge in [-0.3, -0.25) is 4.99 Å². The normalized spacial score (nSPS) is 17.6. The lowest BCUT2D eigenvalue weighted by Crippen LogP contribution is -2.44. The van der Waals surface area contributed by atoms with Crippen molar-refractivity contribution in [1.82, 2.24) is 14.9 Å². The SMILES string of the molecule is CCCCCC(C)NC(=NCCS(=O)(=O)N1CCOCC1)NCC.I. The summed E-state index contributed by atoms with van der Waals surface area (Å²) in [6, 6.07) is 0.324. The van der Waals surface area contributed by atoms with Crippen LogP contribution in [0.4, 0.5) is 0 Å². The van der Waals surface area contributed by atoms with Gasteiger partial charge in [0.25, 0.3) is 0 Å². The zero-order chi connectivity index (χ0) is 17.8. The lowest BCUT2D eigenvalue weighted by molar-refractivity contribution is 0.0731. The van der Waals surface area contributed by atoms with Gasteiger partial charge < -0.3 is 15.4 Å². The van der Waals surface area contributed by atoms with Gasteiger partial charge in [0.1, 0.15) is 0 Å². The topological polar surface area (TPSA) is 83.0 Å². The van der Waals surface area contributed by atoms with Crippen molar-refractivity contribution in [3.8, 4) is 0 Å². The first-order chi connectivity index (χ1) is 11.5. The van der Waals surface area contributed by atoms with E-state index < -0.39 is 10.0 Å². The second-order valence-corrected chi connectivity index (χ2v) is 8.22. The Morgan fingerprint density at radius 1 is 1.24 bits per heavy atom. The molecular formula is C16H35IN4O3S. The highest BCUT2D eigenvalue weighted by atomic mass is 127. The quantitative estimate of drug-likeness (QED) is 0.211. The number of aliphatic imine (C=N–C) groups is 1. The summed E-state index contributed by atoms with van der Waals surface area (Å²) >= 11 is 0. The molecule has 9 heteroatoms. The molecule has 1 rings (SSSR count). The molecule has 1 aliphatic rings. The van der Waals surface area contributed by atoms with E-state index in [4.69, 9.17) is 4.74 Å². The largest absolute Gasteiger partial charge is 0.379 e. The van der Waals surface area contributed by atoms with Crippen LogP contribution in [0.25, 0.3) is 0 Å². The summed E-state index contributed by atoms with van der Waals surface area (Å²) < 4.78 is 31.3. The number of sulfonamides is 1. The summed E-state index contributed by atoms with van der Waals surface area (Å²) in [7, 11) is -3.25. The highest BCUT2D eigenvalue weighted by Crippen LogP contribution is 2.06. The van der Waals surface area contributed by atoms with Gasteiger partial charge in [-0.25, -0.2) is 8.42 Å². The molecule has 1 aliphatic heterocycles. The van der Waals surface area contributed by atoms with Gasteiger partial charge in [0.2, 0.25) is 10.0 Å². The molecule has 0 spiro atoms. The van der Waals surface area contributed by atoms with Gasteiger partial charge in [0, 0.05) is 25.7 Å². The third kappa shape index (κ3) is 10.6. The minimum Gasteiger partial charge on any atom is -0.379 e. The maximum absolute atomic E-state index is 12.3. The summed E-state index contributed by atoms with van der Waals surface area (Å²) in [5, 5.41) is 6.53. The number of ether oxygens (including phenoxy) is 1. The number of nitrogens with zero attached hydrogens (tertiary/aromatic N) is 2. The molecule has 1 heterocycles. The number of hydrogen-bond acceptors (Lipinski definition) is 4. The Kier molecular flexibility index (Phi) is 13.9. The molecular weight excluding hydrogens is 455 g/mol. The Morgan fingerprint density at radius 2 is 1.92 bits per heavy atom. The monoisotopic (exact) mass is 490 g/mol. The maximum Gasteiger partial charge on any atom is 0.216 e. The van der Waals surface area contributed by atoms with Crippen molar-refractivity contribution < 1.29 is 13.2 Å². The average molecular weight is 490 g/mol. The van der Waals surface area contributed by atoms with E-state index in [1.54, 1.807) is 0 Å². The molecule has 1 atom stereocenters. The molecule has 7 nitrogen and oxygen atoms in total. The Balaban J connectivity index is 0.00000576. The van der Waals surface area contributed by atoms with E-state index in [0.717, 1.165) is 13.0 Å². The Morgan fingerprint density at radius 3 is 2.52 bits per heavy atom. The standard InChI is InChI=1S/C16H34N4O3S.HI/c1-4-6-7-8-15(3)19-16(17-5-2)18-9-14-24(21,22)20-10-12-23-13-11-20;/h15H,4-14H2,1-3H3,(H2,17,18,19);1H. The number of hydrogen-bond donors (Lipinski definition) is 2. The fraction of sp³-hybridized carbons (Fsp3) is 0.938. The number of halogens is 1. The third-order valence-electron chi connectivity index (χ3n) is 3.95. The molecule has 150 valence electrons. The number of morpholine rings is 1. The zero-order valence-corrected chi connectivity index (χ0v) is 18.9. The van der Waals surface area contributed by atoms with Crippen LogP contribution in [0.2, 0.25) is 0 Å². The minimum absolute atomic E-state index is 0. The van der Waals surface area contributed by atoms with Crippen LogP contribution < -0.4 is 10.6 Å². The van der Waals surface area contributed by atoms with Crippen LogP contribution in [0.3, 0.4) is 0 Å². The highest BCUT2D eigenvalue weighted by molar-refractivity contribution is 14.0. The van der Waals surface area contributed by atoms with Gasteiger partial charge in [0.15, 0.2) is 5.96 Å². The summed E-state index contributed by atoms with van der Waals surface area (Å²) in [5.74, 6) is 0.729. The Labute approximate surface area is 170 Å². The smallest absolute Gasteiger partial charge is 0.216 e. The van der Waals surface area contributed by atoms with E-state index in [9.17, 15) is 8.42 Å². The van der Waals surface area contributed by atoms with Crippen LogP contribution >= 0.6 is 24.0 Å². The molecule has 0 amide bonds. The molecule has 1 saturated heterocycles. The van der Waals surface area contributed by atoms with Crippen molar-refractivity contribution in [3.63, 3.8) is 0 Å². The van der Waals surface area contributed by atoms with Crippen molar-refractivity contribution in [2.75, 3.05) is 45.1 Å². The van der Waals surface area contributed by atoms with E-state index in [1.165, 1.54) is 23.6 Å². The minimum atomic E-state index is -3.25. The van der Waals surface area contributed by atoms with Crippen molar-refractivity contribution >= 4 is 40.0 Å². The van der Waals surface area contributed by atoms with Crippen LogP contribution in [0.15, 0.2) is 4.99 Å². The Bertz CT molecular complexity index is 468. The fourth-order valence-corrected chi connectivity index (χ4v) is 3.84.